The lowest BCUT2D eigenvalue weighted by atomic mass is 9.91. The molecule has 0 aliphatic carbocycles. The van der Waals surface area contributed by atoms with Crippen LogP contribution < -0.4 is 0 Å². The van der Waals surface area contributed by atoms with Crippen LogP contribution in [0.3, 0.4) is 0 Å². The molecule has 0 saturated heterocycles. The molecule has 0 fully saturated rings. The maximum Gasteiger partial charge on any atom is 0.336 e. The summed E-state index contributed by atoms with van der Waals surface area (Å²) >= 11 is 0. The first-order valence-corrected chi connectivity index (χ1v) is 8.51. The van der Waals surface area contributed by atoms with Gasteiger partial charge in [0.2, 0.25) is 0 Å². The van der Waals surface area contributed by atoms with Crippen LogP contribution in [-0.2, 0) is 31.9 Å². The van der Waals surface area contributed by atoms with E-state index >= 15 is 0 Å². The average molecular weight is 390 g/mol. The van der Waals surface area contributed by atoms with E-state index in [-0.39, 0.29) is 49.2 Å². The summed E-state index contributed by atoms with van der Waals surface area (Å²) in [5.41, 5.74) is 0.389. The highest BCUT2D eigenvalue weighted by Crippen LogP contribution is 2.23. The molecule has 0 aliphatic rings. The second kappa shape index (κ2) is 11.3. The fourth-order valence-corrected chi connectivity index (χ4v) is 2.61. The number of esters is 2. The molecule has 0 amide bonds. The number of aromatic carboxylic acids is 2. The Hall–Kier alpha value is -3.42. The maximum atomic E-state index is 11.8. The summed E-state index contributed by atoms with van der Waals surface area (Å²) in [6.07, 6.45) is 3.04. The fraction of sp³-hybridized carbons (Fsp3) is 0.300. The van der Waals surface area contributed by atoms with Crippen LogP contribution in [0, 0.1) is 0 Å². The smallest absolute Gasteiger partial charge is 0.336 e. The van der Waals surface area contributed by atoms with Crippen LogP contribution >= 0.6 is 0 Å². The lowest BCUT2D eigenvalue weighted by Crippen LogP contribution is -2.15. The highest BCUT2D eigenvalue weighted by Gasteiger charge is 2.22. The second-order valence-corrected chi connectivity index (χ2v) is 5.69. The predicted octanol–water partition coefficient (Wildman–Crippen LogP) is 2.41. The first-order valence-electron chi connectivity index (χ1n) is 8.51. The molecule has 0 aliphatic heterocycles. The van der Waals surface area contributed by atoms with Gasteiger partial charge >= 0.3 is 23.9 Å². The Kier molecular flexibility index (Phi) is 9.15. The molecule has 0 atom stereocenters. The Morgan fingerprint density at radius 1 is 0.857 bits per heavy atom. The Balaban J connectivity index is 3.01. The van der Waals surface area contributed by atoms with E-state index in [9.17, 15) is 29.4 Å². The zero-order valence-corrected chi connectivity index (χ0v) is 15.3. The van der Waals surface area contributed by atoms with Crippen molar-refractivity contribution in [3.63, 3.8) is 0 Å². The standard InChI is InChI=1S/C20H22O8/c1-3-16(21)27-11-5-7-13-9-10-15(19(23)24)14(18(13)20(25)26)8-6-12-28-17(22)4-2/h3-4,9-10H,1-2,5-8,11-12H2,(H,23,24)(H,25,26). The molecule has 2 N–H and O–H groups in total. The van der Waals surface area contributed by atoms with Gasteiger partial charge in [-0.05, 0) is 42.9 Å². The molecule has 1 rings (SSSR count). The van der Waals surface area contributed by atoms with Gasteiger partial charge in [0.1, 0.15) is 0 Å². The highest BCUT2D eigenvalue weighted by atomic mass is 16.5. The van der Waals surface area contributed by atoms with E-state index in [1.165, 1.54) is 12.1 Å². The largest absolute Gasteiger partial charge is 0.478 e. The quantitative estimate of drug-likeness (QED) is 0.316. The van der Waals surface area contributed by atoms with Crippen molar-refractivity contribution in [3.05, 3.63) is 59.7 Å². The Labute approximate surface area is 162 Å². The zero-order chi connectivity index (χ0) is 21.1. The van der Waals surface area contributed by atoms with Gasteiger partial charge in [-0.25, -0.2) is 19.2 Å². The molecule has 1 aromatic rings. The normalized spacial score (nSPS) is 10.0. The molecular formula is C20H22O8. The molecule has 0 radical (unpaired) electrons. The molecule has 0 heterocycles. The van der Waals surface area contributed by atoms with Gasteiger partial charge < -0.3 is 19.7 Å². The highest BCUT2D eigenvalue weighted by molar-refractivity contribution is 5.97. The SMILES string of the molecule is C=CC(=O)OCCCc1ccc(C(=O)O)c(CCCOC(=O)C=C)c1C(=O)O. The summed E-state index contributed by atoms with van der Waals surface area (Å²) in [5, 5.41) is 19.0. The number of hydrogen-bond acceptors (Lipinski definition) is 6. The summed E-state index contributed by atoms with van der Waals surface area (Å²) < 4.78 is 9.71. The van der Waals surface area contributed by atoms with Crippen LogP contribution in [0.2, 0.25) is 0 Å². The summed E-state index contributed by atoms with van der Waals surface area (Å²) in [6.45, 7) is 6.63. The summed E-state index contributed by atoms with van der Waals surface area (Å²) in [4.78, 5) is 45.4. The van der Waals surface area contributed by atoms with Crippen molar-refractivity contribution < 1.29 is 38.9 Å². The molecule has 150 valence electrons. The van der Waals surface area contributed by atoms with E-state index in [4.69, 9.17) is 9.47 Å². The van der Waals surface area contributed by atoms with Gasteiger partial charge in [-0.2, -0.15) is 0 Å². The van der Waals surface area contributed by atoms with E-state index in [1.54, 1.807) is 0 Å². The van der Waals surface area contributed by atoms with E-state index < -0.39 is 23.9 Å². The molecule has 8 heteroatoms. The van der Waals surface area contributed by atoms with Crippen molar-refractivity contribution >= 4 is 23.9 Å². The average Bonchev–Trinajstić information content (AvgIpc) is 2.67. The minimum absolute atomic E-state index is 0.00467. The number of hydrogen-bond donors (Lipinski definition) is 2. The third-order valence-corrected chi connectivity index (χ3v) is 3.83. The first kappa shape index (κ1) is 22.6. The summed E-state index contributed by atoms with van der Waals surface area (Å²) in [7, 11) is 0. The molecule has 8 nitrogen and oxygen atoms in total. The third-order valence-electron chi connectivity index (χ3n) is 3.83. The van der Waals surface area contributed by atoms with Crippen molar-refractivity contribution in [3.8, 4) is 0 Å². The van der Waals surface area contributed by atoms with E-state index in [0.717, 1.165) is 12.2 Å². The van der Waals surface area contributed by atoms with E-state index in [0.29, 0.717) is 12.0 Å². The van der Waals surface area contributed by atoms with Gasteiger partial charge in [0, 0.05) is 12.2 Å². The van der Waals surface area contributed by atoms with Gasteiger partial charge in [0.15, 0.2) is 0 Å². The van der Waals surface area contributed by atoms with E-state index in [2.05, 4.69) is 13.2 Å². The number of carbonyl (C=O) groups is 4. The molecule has 0 spiro atoms. The van der Waals surface area contributed by atoms with Crippen molar-refractivity contribution in [2.45, 2.75) is 25.7 Å². The molecule has 28 heavy (non-hydrogen) atoms. The number of benzene rings is 1. The lowest BCUT2D eigenvalue weighted by molar-refractivity contribution is -0.138. The number of carboxylic acid groups (broad SMARTS) is 2. The molecule has 0 saturated carbocycles. The Morgan fingerprint density at radius 2 is 1.39 bits per heavy atom. The van der Waals surface area contributed by atoms with Crippen LogP contribution in [0.5, 0.6) is 0 Å². The summed E-state index contributed by atoms with van der Waals surface area (Å²) in [5.74, 6) is -3.68. The Morgan fingerprint density at radius 3 is 1.86 bits per heavy atom. The second-order valence-electron chi connectivity index (χ2n) is 5.69. The molecule has 0 aromatic heterocycles. The third kappa shape index (κ3) is 6.71. The maximum absolute atomic E-state index is 11.8. The zero-order valence-electron chi connectivity index (χ0n) is 15.3. The minimum atomic E-state index is -1.25. The van der Waals surface area contributed by atoms with Crippen LogP contribution in [-0.4, -0.2) is 47.3 Å². The first-order chi connectivity index (χ1) is 13.3. The number of carbonyl (C=O) groups excluding carboxylic acids is 2. The topological polar surface area (TPSA) is 127 Å². The monoisotopic (exact) mass is 390 g/mol. The van der Waals surface area contributed by atoms with Crippen LogP contribution in [0.25, 0.3) is 0 Å². The number of aryl methyl sites for hydroxylation is 1. The van der Waals surface area contributed by atoms with Crippen molar-refractivity contribution in [1.82, 2.24) is 0 Å². The van der Waals surface area contributed by atoms with Gasteiger partial charge in [-0.3, -0.25) is 0 Å². The number of rotatable bonds is 12. The lowest BCUT2D eigenvalue weighted by Gasteiger charge is -2.15. The molecule has 0 bridgehead atoms. The van der Waals surface area contributed by atoms with Gasteiger partial charge in [0.25, 0.3) is 0 Å². The molecule has 0 unspecified atom stereocenters. The fourth-order valence-electron chi connectivity index (χ4n) is 2.61. The van der Waals surface area contributed by atoms with Crippen molar-refractivity contribution in [1.29, 1.82) is 0 Å². The van der Waals surface area contributed by atoms with Crippen LogP contribution in [0.15, 0.2) is 37.4 Å². The minimum Gasteiger partial charge on any atom is -0.478 e. The predicted molar refractivity (Wildman–Crippen MR) is 99.3 cm³/mol. The Bertz CT molecular complexity index is 779. The number of carboxylic acids is 2. The van der Waals surface area contributed by atoms with Gasteiger partial charge in [-0.15, -0.1) is 0 Å². The van der Waals surface area contributed by atoms with Gasteiger partial charge in [0.05, 0.1) is 24.3 Å². The molecular weight excluding hydrogens is 368 g/mol. The van der Waals surface area contributed by atoms with Crippen molar-refractivity contribution in [2.75, 3.05) is 13.2 Å². The van der Waals surface area contributed by atoms with E-state index in [1.807, 2.05) is 0 Å². The van der Waals surface area contributed by atoms with Crippen LogP contribution in [0.1, 0.15) is 44.7 Å². The van der Waals surface area contributed by atoms with Crippen LogP contribution in [0.4, 0.5) is 0 Å². The van der Waals surface area contributed by atoms with Gasteiger partial charge in [-0.1, -0.05) is 19.2 Å². The summed E-state index contributed by atoms with van der Waals surface area (Å²) in [6, 6.07) is 2.80. The molecule has 1 aromatic carbocycles. The van der Waals surface area contributed by atoms with Crippen molar-refractivity contribution in [2.24, 2.45) is 0 Å². The number of ether oxygens (including phenoxy) is 2.